The standard InChI is InChI=1S/C15H19N5/c1-2-4-11(5-3-1)8-16-14-13-15(18-9-17-14)20(10-19-13)12-6-7-12/h1-2,9-12H,3-8H2,(H,16,17,18)/t11-/m0/s1. The van der Waals surface area contributed by atoms with Gasteiger partial charge in [0.2, 0.25) is 0 Å². The van der Waals surface area contributed by atoms with Crippen molar-refractivity contribution in [2.75, 3.05) is 11.9 Å². The van der Waals surface area contributed by atoms with Gasteiger partial charge in [-0.25, -0.2) is 15.0 Å². The summed E-state index contributed by atoms with van der Waals surface area (Å²) in [6.07, 6.45) is 14.2. The van der Waals surface area contributed by atoms with Gasteiger partial charge in [0.25, 0.3) is 0 Å². The third-order valence-electron chi connectivity index (χ3n) is 4.23. The second kappa shape index (κ2) is 4.89. The van der Waals surface area contributed by atoms with Crippen LogP contribution < -0.4 is 5.32 Å². The van der Waals surface area contributed by atoms with Crippen LogP contribution in [0.1, 0.15) is 38.1 Å². The number of fused-ring (bicyclic) bond motifs is 1. The third kappa shape index (κ3) is 2.17. The van der Waals surface area contributed by atoms with E-state index in [2.05, 4.69) is 37.0 Å². The van der Waals surface area contributed by atoms with Crippen molar-refractivity contribution in [3.05, 3.63) is 24.8 Å². The zero-order valence-electron chi connectivity index (χ0n) is 11.5. The molecule has 1 atom stereocenters. The molecule has 0 bridgehead atoms. The van der Waals surface area contributed by atoms with Crippen LogP contribution in [0.15, 0.2) is 24.8 Å². The van der Waals surface area contributed by atoms with Crippen molar-refractivity contribution in [2.45, 2.75) is 38.1 Å². The molecule has 4 rings (SSSR count). The molecular formula is C15H19N5. The average Bonchev–Trinajstić information content (AvgIpc) is 3.25. The lowest BCUT2D eigenvalue weighted by Gasteiger charge is -2.18. The lowest BCUT2D eigenvalue weighted by atomic mass is 9.94. The molecule has 104 valence electrons. The van der Waals surface area contributed by atoms with Crippen molar-refractivity contribution in [3.63, 3.8) is 0 Å². The van der Waals surface area contributed by atoms with Gasteiger partial charge < -0.3 is 9.88 Å². The number of nitrogens with one attached hydrogen (secondary N) is 1. The lowest BCUT2D eigenvalue weighted by Crippen LogP contribution is -2.16. The summed E-state index contributed by atoms with van der Waals surface area (Å²) in [5.74, 6) is 1.58. The zero-order chi connectivity index (χ0) is 13.4. The van der Waals surface area contributed by atoms with Gasteiger partial charge in [0.15, 0.2) is 11.5 Å². The first-order valence-corrected chi connectivity index (χ1v) is 7.48. The highest BCUT2D eigenvalue weighted by Gasteiger charge is 2.26. The summed E-state index contributed by atoms with van der Waals surface area (Å²) >= 11 is 0. The molecule has 2 aromatic rings. The molecule has 0 spiro atoms. The Hall–Kier alpha value is -1.91. The van der Waals surface area contributed by atoms with Crippen LogP contribution in [-0.4, -0.2) is 26.1 Å². The van der Waals surface area contributed by atoms with Crippen molar-refractivity contribution >= 4 is 17.0 Å². The molecule has 2 aromatic heterocycles. The molecule has 2 aliphatic carbocycles. The molecule has 1 fully saturated rings. The SMILES string of the molecule is C1=CC[C@H](CNc2ncnc3c2ncn3C2CC2)CC1. The largest absolute Gasteiger partial charge is 0.368 e. The molecule has 2 heterocycles. The number of hydrogen-bond acceptors (Lipinski definition) is 4. The fourth-order valence-corrected chi connectivity index (χ4v) is 2.88. The molecule has 0 aromatic carbocycles. The van der Waals surface area contributed by atoms with Crippen molar-refractivity contribution in [1.29, 1.82) is 0 Å². The summed E-state index contributed by atoms with van der Waals surface area (Å²) in [5, 5.41) is 3.47. The highest BCUT2D eigenvalue weighted by atomic mass is 15.2. The molecule has 1 N–H and O–H groups in total. The average molecular weight is 269 g/mol. The Morgan fingerprint density at radius 3 is 2.90 bits per heavy atom. The maximum absolute atomic E-state index is 4.51. The second-order valence-corrected chi connectivity index (χ2v) is 5.81. The summed E-state index contributed by atoms with van der Waals surface area (Å²) in [5.41, 5.74) is 1.87. The minimum Gasteiger partial charge on any atom is -0.368 e. The van der Waals surface area contributed by atoms with Crippen molar-refractivity contribution < 1.29 is 0 Å². The van der Waals surface area contributed by atoms with Crippen LogP contribution in [0, 0.1) is 5.92 Å². The van der Waals surface area contributed by atoms with Crippen LogP contribution in [0.4, 0.5) is 5.82 Å². The lowest BCUT2D eigenvalue weighted by molar-refractivity contribution is 0.504. The van der Waals surface area contributed by atoms with Gasteiger partial charge in [0.05, 0.1) is 6.33 Å². The predicted molar refractivity (Wildman–Crippen MR) is 78.6 cm³/mol. The normalized spacial score (nSPS) is 22.3. The van der Waals surface area contributed by atoms with Gasteiger partial charge in [-0.1, -0.05) is 12.2 Å². The van der Waals surface area contributed by atoms with E-state index in [1.165, 1.54) is 25.7 Å². The summed E-state index contributed by atoms with van der Waals surface area (Å²) in [6, 6.07) is 0.603. The van der Waals surface area contributed by atoms with E-state index in [-0.39, 0.29) is 0 Å². The topological polar surface area (TPSA) is 55.6 Å². The van der Waals surface area contributed by atoms with Crippen LogP contribution in [0.2, 0.25) is 0 Å². The van der Waals surface area contributed by atoms with Crippen LogP contribution in [-0.2, 0) is 0 Å². The summed E-state index contributed by atoms with van der Waals surface area (Å²) in [4.78, 5) is 13.3. The van der Waals surface area contributed by atoms with E-state index < -0.39 is 0 Å². The number of imidazole rings is 1. The molecule has 0 radical (unpaired) electrons. The van der Waals surface area contributed by atoms with E-state index in [1.54, 1.807) is 6.33 Å². The number of rotatable bonds is 4. The quantitative estimate of drug-likeness (QED) is 0.867. The fraction of sp³-hybridized carbons (Fsp3) is 0.533. The van der Waals surface area contributed by atoms with Crippen molar-refractivity contribution in [3.8, 4) is 0 Å². The van der Waals surface area contributed by atoms with Gasteiger partial charge in [-0.15, -0.1) is 0 Å². The van der Waals surface area contributed by atoms with E-state index in [0.29, 0.717) is 12.0 Å². The van der Waals surface area contributed by atoms with E-state index in [9.17, 15) is 0 Å². The molecule has 0 saturated heterocycles. The molecule has 1 saturated carbocycles. The number of aromatic nitrogens is 4. The fourth-order valence-electron chi connectivity index (χ4n) is 2.88. The number of anilines is 1. The van der Waals surface area contributed by atoms with Crippen LogP contribution in [0.25, 0.3) is 11.2 Å². The van der Waals surface area contributed by atoms with Gasteiger partial charge >= 0.3 is 0 Å². The highest BCUT2D eigenvalue weighted by Crippen LogP contribution is 2.37. The Kier molecular flexibility index (Phi) is 2.90. The number of hydrogen-bond donors (Lipinski definition) is 1. The summed E-state index contributed by atoms with van der Waals surface area (Å²) in [7, 11) is 0. The van der Waals surface area contributed by atoms with Gasteiger partial charge in [-0.05, 0) is 38.0 Å². The van der Waals surface area contributed by atoms with Crippen LogP contribution >= 0.6 is 0 Å². The van der Waals surface area contributed by atoms with E-state index >= 15 is 0 Å². The Morgan fingerprint density at radius 2 is 2.10 bits per heavy atom. The van der Waals surface area contributed by atoms with Gasteiger partial charge in [0, 0.05) is 12.6 Å². The molecule has 0 amide bonds. The second-order valence-electron chi connectivity index (χ2n) is 5.81. The van der Waals surface area contributed by atoms with Gasteiger partial charge in [-0.2, -0.15) is 0 Å². The molecule has 0 unspecified atom stereocenters. The van der Waals surface area contributed by atoms with Gasteiger partial charge in [-0.3, -0.25) is 0 Å². The van der Waals surface area contributed by atoms with Crippen LogP contribution in [0.5, 0.6) is 0 Å². The molecule has 2 aliphatic rings. The Morgan fingerprint density at radius 1 is 1.15 bits per heavy atom. The summed E-state index contributed by atoms with van der Waals surface area (Å²) < 4.78 is 2.19. The smallest absolute Gasteiger partial charge is 0.165 e. The van der Waals surface area contributed by atoms with Crippen molar-refractivity contribution in [1.82, 2.24) is 19.5 Å². The van der Waals surface area contributed by atoms with Crippen molar-refractivity contribution in [2.24, 2.45) is 5.92 Å². The first-order valence-electron chi connectivity index (χ1n) is 7.48. The minimum absolute atomic E-state index is 0.603. The molecule has 20 heavy (non-hydrogen) atoms. The first kappa shape index (κ1) is 11.9. The van der Waals surface area contributed by atoms with E-state index in [0.717, 1.165) is 29.9 Å². The molecule has 5 heteroatoms. The number of allylic oxidation sites excluding steroid dienone is 2. The third-order valence-corrected chi connectivity index (χ3v) is 4.23. The first-order chi connectivity index (χ1) is 9.92. The molecular weight excluding hydrogens is 250 g/mol. The zero-order valence-corrected chi connectivity index (χ0v) is 11.5. The Balaban J connectivity index is 1.55. The van der Waals surface area contributed by atoms with Crippen LogP contribution in [0.3, 0.4) is 0 Å². The highest BCUT2D eigenvalue weighted by molar-refractivity contribution is 5.82. The maximum Gasteiger partial charge on any atom is 0.165 e. The molecule has 5 nitrogen and oxygen atoms in total. The predicted octanol–water partition coefficient (Wildman–Crippen LogP) is 2.93. The summed E-state index contributed by atoms with van der Waals surface area (Å²) in [6.45, 7) is 0.965. The van der Waals surface area contributed by atoms with E-state index in [4.69, 9.17) is 0 Å². The molecule has 0 aliphatic heterocycles. The Bertz CT molecular complexity index is 641. The van der Waals surface area contributed by atoms with E-state index in [1.807, 2.05) is 6.33 Å². The maximum atomic E-state index is 4.51. The monoisotopic (exact) mass is 269 g/mol. The Labute approximate surface area is 118 Å². The van der Waals surface area contributed by atoms with Gasteiger partial charge in [0.1, 0.15) is 11.8 Å². The minimum atomic E-state index is 0.603. The number of nitrogens with zero attached hydrogens (tertiary/aromatic N) is 4.